The fraction of sp³-hybridized carbons (Fsp3) is 0.667. The summed E-state index contributed by atoms with van der Waals surface area (Å²) in [6, 6.07) is -0.466. The van der Waals surface area contributed by atoms with Crippen LogP contribution in [0.2, 0.25) is 6.04 Å². The summed E-state index contributed by atoms with van der Waals surface area (Å²) < 4.78 is 0. The Balaban J connectivity index is 3.34. The van der Waals surface area contributed by atoms with Gasteiger partial charge in [-0.3, -0.25) is 4.79 Å². The van der Waals surface area contributed by atoms with Crippen LogP contribution in [0.4, 0.5) is 0 Å². The van der Waals surface area contributed by atoms with Gasteiger partial charge in [-0.15, -0.1) is 0 Å². The summed E-state index contributed by atoms with van der Waals surface area (Å²) in [7, 11) is 2.95. The predicted octanol–water partition coefficient (Wildman–Crippen LogP) is -1.01. The second-order valence-corrected chi connectivity index (χ2v) is 1.56. The number of nitrogens with two attached hydrogens (primary N) is 1. The van der Waals surface area contributed by atoms with Crippen molar-refractivity contribution >= 4 is 16.2 Å². The predicted molar refractivity (Wildman–Crippen MR) is 26.2 cm³/mol. The minimum Gasteiger partial charge on any atom is -0.480 e. The smallest absolute Gasteiger partial charge is 0.320 e. The van der Waals surface area contributed by atoms with Gasteiger partial charge in [-0.25, -0.2) is 0 Å². The topological polar surface area (TPSA) is 63.3 Å². The van der Waals surface area contributed by atoms with E-state index in [1.165, 1.54) is 0 Å². The minimum absolute atomic E-state index is 0.301. The molecule has 0 aliphatic rings. The molecule has 0 unspecified atom stereocenters. The Morgan fingerprint density at radius 1 is 2.00 bits per heavy atom. The maximum absolute atomic E-state index is 9.77. The lowest BCUT2D eigenvalue weighted by Crippen LogP contribution is -2.29. The Kier molecular flexibility index (Phi) is 2.62. The SMILES string of the molecule is N[C@@H](C[Si])C(=O)O. The zero-order chi connectivity index (χ0) is 5.86. The summed E-state index contributed by atoms with van der Waals surface area (Å²) in [6.07, 6.45) is 0. The third kappa shape index (κ3) is 2.36. The summed E-state index contributed by atoms with van der Waals surface area (Å²) >= 11 is 0. The van der Waals surface area contributed by atoms with Crippen LogP contribution in [-0.4, -0.2) is 27.4 Å². The van der Waals surface area contributed by atoms with Gasteiger partial charge in [0.2, 0.25) is 0 Å². The van der Waals surface area contributed by atoms with E-state index in [9.17, 15) is 4.79 Å². The van der Waals surface area contributed by atoms with E-state index < -0.39 is 12.0 Å². The van der Waals surface area contributed by atoms with Crippen LogP contribution in [0.3, 0.4) is 0 Å². The zero-order valence-electron chi connectivity index (χ0n) is 3.72. The van der Waals surface area contributed by atoms with E-state index in [0.29, 0.717) is 6.04 Å². The van der Waals surface area contributed by atoms with Gasteiger partial charge in [0.1, 0.15) is 6.04 Å². The molecule has 39 valence electrons. The maximum atomic E-state index is 9.77. The standard InChI is InChI=1S/C3H6NO2Si/c4-2(1-7)3(5)6/h2H,1,4H2,(H,5,6)/t2-/m0/s1. The lowest BCUT2D eigenvalue weighted by molar-refractivity contribution is -0.138. The Morgan fingerprint density at radius 3 is 2.43 bits per heavy atom. The summed E-state index contributed by atoms with van der Waals surface area (Å²) in [4.78, 5) is 9.77. The third-order valence-electron chi connectivity index (χ3n) is 0.537. The van der Waals surface area contributed by atoms with Crippen molar-refractivity contribution in [3.8, 4) is 0 Å². The van der Waals surface area contributed by atoms with E-state index >= 15 is 0 Å². The molecule has 3 nitrogen and oxygen atoms in total. The largest absolute Gasteiger partial charge is 0.480 e. The fourth-order valence-electron chi connectivity index (χ4n) is 0.0873. The molecular formula is C3H6NO2Si. The molecule has 0 aromatic heterocycles. The molecule has 4 heteroatoms. The zero-order valence-corrected chi connectivity index (χ0v) is 4.72. The van der Waals surface area contributed by atoms with Gasteiger partial charge in [-0.2, -0.15) is 0 Å². The van der Waals surface area contributed by atoms with E-state index in [1.807, 2.05) is 0 Å². The summed E-state index contributed by atoms with van der Waals surface area (Å²) in [5, 5.41) is 8.03. The lowest BCUT2D eigenvalue weighted by atomic mass is 10.4. The first-order valence-corrected chi connectivity index (χ1v) is 2.52. The Hall–Kier alpha value is -0.353. The van der Waals surface area contributed by atoms with Gasteiger partial charge in [-0.05, 0) is 6.04 Å². The van der Waals surface area contributed by atoms with Gasteiger partial charge in [0.25, 0.3) is 0 Å². The molecule has 0 spiro atoms. The van der Waals surface area contributed by atoms with Gasteiger partial charge < -0.3 is 10.8 Å². The Morgan fingerprint density at radius 2 is 2.43 bits per heavy atom. The van der Waals surface area contributed by atoms with Gasteiger partial charge in [-0.1, -0.05) is 0 Å². The molecule has 0 fully saturated rings. The van der Waals surface area contributed by atoms with Crippen molar-refractivity contribution < 1.29 is 9.90 Å². The van der Waals surface area contributed by atoms with Crippen LogP contribution >= 0.6 is 0 Å². The van der Waals surface area contributed by atoms with Crippen molar-refractivity contribution in [2.75, 3.05) is 0 Å². The molecule has 7 heavy (non-hydrogen) atoms. The van der Waals surface area contributed by atoms with Crippen molar-refractivity contribution in [1.82, 2.24) is 0 Å². The second-order valence-electron chi connectivity index (χ2n) is 1.15. The normalized spacial score (nSPS) is 13.4. The highest BCUT2D eigenvalue weighted by Gasteiger charge is 2.05. The number of carbonyl (C=O) groups is 1. The monoisotopic (exact) mass is 116 g/mol. The molecule has 0 aromatic carbocycles. The molecule has 0 rings (SSSR count). The van der Waals surface area contributed by atoms with Crippen LogP contribution in [0, 0.1) is 0 Å². The van der Waals surface area contributed by atoms with Gasteiger partial charge in [0.05, 0.1) is 0 Å². The first-order chi connectivity index (χ1) is 3.18. The Bertz CT molecular complexity index is 75.3. The molecule has 0 aliphatic heterocycles. The summed E-state index contributed by atoms with van der Waals surface area (Å²) in [5.74, 6) is -0.977. The first-order valence-electron chi connectivity index (χ1n) is 1.81. The molecule has 1 atom stereocenters. The number of aliphatic carboxylic acids is 1. The fourth-order valence-corrected chi connectivity index (χ4v) is 0.262. The molecule has 0 heterocycles. The molecule has 3 N–H and O–H groups in total. The quantitative estimate of drug-likeness (QED) is 0.454. The highest BCUT2D eigenvalue weighted by molar-refractivity contribution is 6.10. The average molecular weight is 116 g/mol. The first kappa shape index (κ1) is 6.65. The molecular weight excluding hydrogens is 110 g/mol. The van der Waals surface area contributed by atoms with Crippen LogP contribution in [0.1, 0.15) is 0 Å². The van der Waals surface area contributed by atoms with Crippen LogP contribution in [0.25, 0.3) is 0 Å². The van der Waals surface area contributed by atoms with Crippen LogP contribution in [-0.2, 0) is 4.79 Å². The molecule has 0 amide bonds. The van der Waals surface area contributed by atoms with Crippen LogP contribution in [0.5, 0.6) is 0 Å². The van der Waals surface area contributed by atoms with E-state index in [4.69, 9.17) is 10.8 Å². The van der Waals surface area contributed by atoms with Crippen molar-refractivity contribution in [2.45, 2.75) is 12.1 Å². The highest BCUT2D eigenvalue weighted by atomic mass is 28.1. The highest BCUT2D eigenvalue weighted by Crippen LogP contribution is 1.80. The van der Waals surface area contributed by atoms with Crippen LogP contribution in [0.15, 0.2) is 0 Å². The second kappa shape index (κ2) is 2.76. The van der Waals surface area contributed by atoms with Crippen molar-refractivity contribution in [3.63, 3.8) is 0 Å². The van der Waals surface area contributed by atoms with Gasteiger partial charge in [0.15, 0.2) is 0 Å². The molecule has 0 saturated heterocycles. The molecule has 0 aromatic rings. The molecule has 3 radical (unpaired) electrons. The lowest BCUT2D eigenvalue weighted by Gasteiger charge is -1.96. The third-order valence-corrected chi connectivity index (χ3v) is 0.977. The molecule has 0 saturated carbocycles. The van der Waals surface area contributed by atoms with Crippen LogP contribution < -0.4 is 5.73 Å². The van der Waals surface area contributed by atoms with Crippen molar-refractivity contribution in [1.29, 1.82) is 0 Å². The van der Waals surface area contributed by atoms with Gasteiger partial charge >= 0.3 is 5.97 Å². The minimum atomic E-state index is -0.977. The summed E-state index contributed by atoms with van der Waals surface area (Å²) in [6.45, 7) is 0. The van der Waals surface area contributed by atoms with Crippen molar-refractivity contribution in [3.05, 3.63) is 0 Å². The number of rotatable bonds is 2. The van der Waals surface area contributed by atoms with E-state index in [1.54, 1.807) is 0 Å². The van der Waals surface area contributed by atoms with E-state index in [2.05, 4.69) is 10.2 Å². The van der Waals surface area contributed by atoms with E-state index in [-0.39, 0.29) is 0 Å². The average Bonchev–Trinajstić information content (AvgIpc) is 1.65. The number of hydrogen-bond acceptors (Lipinski definition) is 2. The van der Waals surface area contributed by atoms with Gasteiger partial charge in [0, 0.05) is 10.2 Å². The Labute approximate surface area is 44.9 Å². The number of hydrogen-bond donors (Lipinski definition) is 2. The molecule has 0 aliphatic carbocycles. The maximum Gasteiger partial charge on any atom is 0.320 e. The molecule has 0 bridgehead atoms. The van der Waals surface area contributed by atoms with E-state index in [0.717, 1.165) is 0 Å². The number of carboxylic acids is 1. The van der Waals surface area contributed by atoms with Crippen molar-refractivity contribution in [2.24, 2.45) is 5.73 Å². The number of carboxylic acid groups (broad SMARTS) is 1. The summed E-state index contributed by atoms with van der Waals surface area (Å²) in [5.41, 5.74) is 4.97.